The van der Waals surface area contributed by atoms with E-state index in [1.807, 2.05) is 25.1 Å². The summed E-state index contributed by atoms with van der Waals surface area (Å²) in [5, 5.41) is 0. The van der Waals surface area contributed by atoms with Gasteiger partial charge in [0.1, 0.15) is 11.6 Å². The highest BCUT2D eigenvalue weighted by Gasteiger charge is 2.27. The van der Waals surface area contributed by atoms with Gasteiger partial charge in [-0.15, -0.1) is 6.58 Å². The van der Waals surface area contributed by atoms with E-state index >= 15 is 0 Å². The molecule has 2 aromatic carbocycles. The Morgan fingerprint density at radius 2 is 1.54 bits per heavy atom. The number of halogens is 3. The Bertz CT molecular complexity index is 1060. The van der Waals surface area contributed by atoms with Crippen LogP contribution in [0.4, 0.5) is 13.2 Å². The summed E-state index contributed by atoms with van der Waals surface area (Å²) in [6.07, 6.45) is 13.4. The van der Waals surface area contributed by atoms with Crippen LogP contribution in [0.2, 0.25) is 0 Å². The molecular formula is C32H39F3O2. The summed E-state index contributed by atoms with van der Waals surface area (Å²) < 4.78 is 55.8. The number of hydrogen-bond acceptors (Lipinski definition) is 2. The van der Waals surface area contributed by atoms with Gasteiger partial charge in [0.2, 0.25) is 0 Å². The molecule has 0 saturated heterocycles. The maximum atomic E-state index is 15.0. The average Bonchev–Trinajstić information content (AvgIpc) is 2.91. The fourth-order valence-electron chi connectivity index (χ4n) is 5.85. The van der Waals surface area contributed by atoms with Crippen LogP contribution in [0.3, 0.4) is 0 Å². The van der Waals surface area contributed by atoms with Crippen molar-refractivity contribution < 1.29 is 22.6 Å². The topological polar surface area (TPSA) is 18.5 Å². The van der Waals surface area contributed by atoms with Crippen LogP contribution in [0, 0.1) is 23.4 Å². The van der Waals surface area contributed by atoms with Gasteiger partial charge in [-0.05, 0) is 99.7 Å². The van der Waals surface area contributed by atoms with Gasteiger partial charge < -0.3 is 9.47 Å². The third kappa shape index (κ3) is 7.07. The molecule has 2 aliphatic rings. The minimum atomic E-state index is -0.758. The Morgan fingerprint density at radius 3 is 2.22 bits per heavy atom. The van der Waals surface area contributed by atoms with Gasteiger partial charge in [-0.3, -0.25) is 0 Å². The Hall–Kier alpha value is -2.53. The standard InChI is InChI=1S/C32H39F3O2/c1-3-5-20-37-27-17-19-28(30(33)21-27)23-9-6-22(7-10-23)8-11-25-14-18-29(32(35)31(25)34)24-12-15-26(16-13-24)36-4-2/h3,8,11,14,17-19,21-24,26H,1,4-7,9-10,12-13,15-16,20H2,2H3/b11-8+. The van der Waals surface area contributed by atoms with Gasteiger partial charge in [0.25, 0.3) is 0 Å². The lowest BCUT2D eigenvalue weighted by atomic mass is 9.78. The Morgan fingerprint density at radius 1 is 0.865 bits per heavy atom. The molecule has 0 amide bonds. The van der Waals surface area contributed by atoms with E-state index in [-0.39, 0.29) is 29.7 Å². The molecule has 0 unspecified atom stereocenters. The van der Waals surface area contributed by atoms with Crippen molar-refractivity contribution in [2.75, 3.05) is 13.2 Å². The zero-order valence-corrected chi connectivity index (χ0v) is 21.9. The van der Waals surface area contributed by atoms with Crippen LogP contribution in [0.1, 0.15) is 93.2 Å². The van der Waals surface area contributed by atoms with Gasteiger partial charge >= 0.3 is 0 Å². The van der Waals surface area contributed by atoms with E-state index in [0.29, 0.717) is 30.1 Å². The molecule has 4 rings (SSSR count). The molecule has 0 heterocycles. The van der Waals surface area contributed by atoms with E-state index in [4.69, 9.17) is 9.47 Å². The SMILES string of the molecule is C=CCCOc1ccc(C2CCC(/C=C/c3ccc(C4CCC(OCC)CC4)c(F)c3F)CC2)c(F)c1. The lowest BCUT2D eigenvalue weighted by Crippen LogP contribution is -2.21. The smallest absolute Gasteiger partial charge is 0.166 e. The molecule has 0 spiro atoms. The molecule has 5 heteroatoms. The van der Waals surface area contributed by atoms with E-state index in [2.05, 4.69) is 6.58 Å². The number of hydrogen-bond donors (Lipinski definition) is 0. The van der Waals surface area contributed by atoms with E-state index in [1.165, 1.54) is 6.07 Å². The first-order valence-corrected chi connectivity index (χ1v) is 13.8. The first kappa shape index (κ1) is 27.5. The maximum Gasteiger partial charge on any atom is 0.166 e. The Labute approximate surface area is 219 Å². The summed E-state index contributed by atoms with van der Waals surface area (Å²) in [6, 6.07) is 8.60. The van der Waals surface area contributed by atoms with Crippen LogP contribution in [-0.2, 0) is 4.74 Å². The third-order valence-electron chi connectivity index (χ3n) is 7.98. The van der Waals surface area contributed by atoms with Crippen LogP contribution in [-0.4, -0.2) is 19.3 Å². The van der Waals surface area contributed by atoms with Crippen molar-refractivity contribution in [3.63, 3.8) is 0 Å². The summed E-state index contributed by atoms with van der Waals surface area (Å²) in [7, 11) is 0. The van der Waals surface area contributed by atoms with E-state index in [0.717, 1.165) is 63.4 Å². The summed E-state index contributed by atoms with van der Waals surface area (Å²) >= 11 is 0. The largest absolute Gasteiger partial charge is 0.493 e. The molecule has 2 aromatic rings. The van der Waals surface area contributed by atoms with Gasteiger partial charge in [0, 0.05) is 18.2 Å². The third-order valence-corrected chi connectivity index (χ3v) is 7.98. The highest BCUT2D eigenvalue weighted by molar-refractivity contribution is 5.52. The molecule has 0 N–H and O–H groups in total. The number of ether oxygens (including phenoxy) is 2. The van der Waals surface area contributed by atoms with E-state index < -0.39 is 11.6 Å². The second kappa shape index (κ2) is 13.3. The van der Waals surface area contributed by atoms with Crippen molar-refractivity contribution in [3.8, 4) is 5.75 Å². The van der Waals surface area contributed by atoms with Crippen LogP contribution in [0.5, 0.6) is 5.75 Å². The van der Waals surface area contributed by atoms with Gasteiger partial charge in [-0.25, -0.2) is 13.2 Å². The molecule has 0 radical (unpaired) electrons. The highest BCUT2D eigenvalue weighted by atomic mass is 19.2. The van der Waals surface area contributed by atoms with Crippen molar-refractivity contribution in [1.29, 1.82) is 0 Å². The molecule has 2 aliphatic carbocycles. The van der Waals surface area contributed by atoms with Crippen molar-refractivity contribution in [2.45, 2.75) is 82.7 Å². The number of allylic oxidation sites excluding steroid dienone is 1. The van der Waals surface area contributed by atoms with Crippen molar-refractivity contribution >= 4 is 6.08 Å². The average molecular weight is 513 g/mol. The molecule has 0 atom stereocenters. The predicted molar refractivity (Wildman–Crippen MR) is 143 cm³/mol. The van der Waals surface area contributed by atoms with E-state index in [1.54, 1.807) is 24.3 Å². The van der Waals surface area contributed by atoms with Gasteiger partial charge in [-0.1, -0.05) is 36.4 Å². The summed E-state index contributed by atoms with van der Waals surface area (Å²) in [5.74, 6) is -0.662. The van der Waals surface area contributed by atoms with E-state index in [9.17, 15) is 13.2 Å². The first-order valence-electron chi connectivity index (χ1n) is 13.8. The van der Waals surface area contributed by atoms with Gasteiger partial charge in [0.15, 0.2) is 11.6 Å². The van der Waals surface area contributed by atoms with Crippen LogP contribution < -0.4 is 4.74 Å². The minimum Gasteiger partial charge on any atom is -0.493 e. The molecule has 2 fully saturated rings. The van der Waals surface area contributed by atoms with Crippen LogP contribution in [0.15, 0.2) is 49.1 Å². The Kier molecular flexibility index (Phi) is 9.90. The molecule has 200 valence electrons. The maximum absolute atomic E-state index is 15.0. The fraction of sp³-hybridized carbons (Fsp3) is 0.500. The number of benzene rings is 2. The second-order valence-electron chi connectivity index (χ2n) is 10.4. The Balaban J connectivity index is 1.31. The van der Waals surface area contributed by atoms with Gasteiger partial charge in [0.05, 0.1) is 12.7 Å². The highest BCUT2D eigenvalue weighted by Crippen LogP contribution is 2.39. The van der Waals surface area contributed by atoms with Crippen LogP contribution in [0.25, 0.3) is 6.08 Å². The number of rotatable bonds is 10. The van der Waals surface area contributed by atoms with Crippen molar-refractivity contribution in [2.24, 2.45) is 5.92 Å². The fourth-order valence-corrected chi connectivity index (χ4v) is 5.85. The zero-order valence-electron chi connectivity index (χ0n) is 21.9. The lowest BCUT2D eigenvalue weighted by molar-refractivity contribution is 0.0325. The molecular weight excluding hydrogens is 473 g/mol. The summed E-state index contributed by atoms with van der Waals surface area (Å²) in [5.41, 5.74) is 1.52. The van der Waals surface area contributed by atoms with Gasteiger partial charge in [-0.2, -0.15) is 0 Å². The quantitative estimate of drug-likeness (QED) is 0.233. The monoisotopic (exact) mass is 512 g/mol. The molecule has 37 heavy (non-hydrogen) atoms. The molecule has 0 bridgehead atoms. The van der Waals surface area contributed by atoms with Crippen molar-refractivity contribution in [3.05, 3.63) is 83.2 Å². The molecule has 0 aromatic heterocycles. The summed E-state index contributed by atoms with van der Waals surface area (Å²) in [4.78, 5) is 0. The van der Waals surface area contributed by atoms with Crippen molar-refractivity contribution in [1.82, 2.24) is 0 Å². The lowest BCUT2D eigenvalue weighted by Gasteiger charge is -2.29. The molecule has 2 saturated carbocycles. The zero-order chi connectivity index (χ0) is 26.2. The second-order valence-corrected chi connectivity index (χ2v) is 10.4. The first-order chi connectivity index (χ1) is 18.0. The van der Waals surface area contributed by atoms with Crippen LogP contribution >= 0.6 is 0 Å². The minimum absolute atomic E-state index is 0.0488. The molecule has 2 nitrogen and oxygen atoms in total. The predicted octanol–water partition coefficient (Wildman–Crippen LogP) is 9.11. The summed E-state index contributed by atoms with van der Waals surface area (Å²) in [6.45, 7) is 6.83. The normalized spacial score (nSPS) is 24.3. The molecule has 0 aliphatic heterocycles.